The fraction of sp³-hybridized carbons (Fsp3) is 0.647. The lowest BCUT2D eigenvalue weighted by Crippen LogP contribution is -2.31. The number of hydrogen-bond acceptors (Lipinski definition) is 0. The summed E-state index contributed by atoms with van der Waals surface area (Å²) in [5.41, 5.74) is 4.79. The Labute approximate surface area is 120 Å². The lowest BCUT2D eigenvalue weighted by molar-refractivity contribution is 0.211. The van der Waals surface area contributed by atoms with E-state index in [9.17, 15) is 0 Å². The minimum atomic E-state index is 0.497. The molecule has 1 aliphatic rings. The third kappa shape index (κ3) is 3.17. The maximum Gasteiger partial charge on any atom is 0.0239 e. The second kappa shape index (κ2) is 5.77. The average Bonchev–Trinajstić information content (AvgIpc) is 2.35. The summed E-state index contributed by atoms with van der Waals surface area (Å²) >= 11 is 3.98. The Morgan fingerprint density at radius 2 is 1.78 bits per heavy atom. The molecule has 1 atom stereocenters. The van der Waals surface area contributed by atoms with Gasteiger partial charge in [-0.3, -0.25) is 0 Å². The molecule has 2 rings (SSSR count). The molecule has 0 radical (unpaired) electrons. The van der Waals surface area contributed by atoms with Gasteiger partial charge >= 0.3 is 0 Å². The number of rotatable bonds is 3. The van der Waals surface area contributed by atoms with Gasteiger partial charge in [0.1, 0.15) is 0 Å². The molecule has 0 heterocycles. The highest BCUT2D eigenvalue weighted by atomic mass is 79.9. The van der Waals surface area contributed by atoms with E-state index >= 15 is 0 Å². The molecule has 100 valence electrons. The number of benzene rings is 1. The zero-order valence-corrected chi connectivity index (χ0v) is 13.5. The molecule has 0 bridgehead atoms. The van der Waals surface area contributed by atoms with E-state index in [2.05, 4.69) is 54.9 Å². The van der Waals surface area contributed by atoms with E-state index in [1.54, 1.807) is 0 Å². The van der Waals surface area contributed by atoms with Crippen LogP contribution in [0.15, 0.2) is 18.2 Å². The van der Waals surface area contributed by atoms with Crippen LogP contribution in [0.3, 0.4) is 0 Å². The number of halogens is 1. The van der Waals surface area contributed by atoms with Gasteiger partial charge in [0.15, 0.2) is 0 Å². The molecule has 1 fully saturated rings. The summed E-state index contributed by atoms with van der Waals surface area (Å²) in [6.07, 6.45) is 8.18. The third-order valence-corrected chi connectivity index (χ3v) is 6.17. The van der Waals surface area contributed by atoms with Crippen molar-refractivity contribution in [3.05, 3.63) is 34.9 Å². The lowest BCUT2D eigenvalue weighted by Gasteiger charge is -2.38. The van der Waals surface area contributed by atoms with Crippen molar-refractivity contribution in [1.82, 2.24) is 0 Å². The largest absolute Gasteiger partial charge is 0.0881 e. The zero-order chi connectivity index (χ0) is 13.2. The predicted molar refractivity (Wildman–Crippen MR) is 83.5 cm³/mol. The van der Waals surface area contributed by atoms with Gasteiger partial charge in [-0.2, -0.15) is 0 Å². The molecular formula is C17H25Br. The first kappa shape index (κ1) is 14.1. The Hall–Kier alpha value is -0.300. The van der Waals surface area contributed by atoms with Crippen molar-refractivity contribution in [1.29, 1.82) is 0 Å². The first-order valence-electron chi connectivity index (χ1n) is 7.21. The van der Waals surface area contributed by atoms with Gasteiger partial charge in [-0.05, 0) is 55.2 Å². The van der Waals surface area contributed by atoms with Crippen molar-refractivity contribution in [2.75, 3.05) is 0 Å². The van der Waals surface area contributed by atoms with Crippen molar-refractivity contribution in [2.24, 2.45) is 5.41 Å². The van der Waals surface area contributed by atoms with E-state index in [1.165, 1.54) is 48.8 Å². The van der Waals surface area contributed by atoms with Crippen LogP contribution < -0.4 is 0 Å². The van der Waals surface area contributed by atoms with Crippen LogP contribution in [0.4, 0.5) is 0 Å². The fourth-order valence-corrected chi connectivity index (χ4v) is 3.89. The molecular weight excluding hydrogens is 284 g/mol. The first-order valence-corrected chi connectivity index (χ1v) is 8.13. The quantitative estimate of drug-likeness (QED) is 0.639. The Bertz CT molecular complexity index is 402. The van der Waals surface area contributed by atoms with Crippen molar-refractivity contribution < 1.29 is 0 Å². The average molecular weight is 309 g/mol. The highest BCUT2D eigenvalue weighted by molar-refractivity contribution is 9.09. The third-order valence-electron chi connectivity index (χ3n) is 4.74. The van der Waals surface area contributed by atoms with Crippen LogP contribution >= 0.6 is 15.9 Å². The maximum atomic E-state index is 3.98. The van der Waals surface area contributed by atoms with E-state index in [1.807, 2.05) is 0 Å². The van der Waals surface area contributed by atoms with Gasteiger partial charge in [-0.25, -0.2) is 0 Å². The van der Waals surface area contributed by atoms with E-state index < -0.39 is 0 Å². The fourth-order valence-electron chi connectivity index (χ4n) is 3.06. The molecule has 1 aliphatic carbocycles. The minimum absolute atomic E-state index is 0.497. The molecule has 18 heavy (non-hydrogen) atoms. The number of alkyl halides is 1. The van der Waals surface area contributed by atoms with Crippen molar-refractivity contribution in [2.45, 2.75) is 64.1 Å². The van der Waals surface area contributed by atoms with Gasteiger partial charge in [-0.1, -0.05) is 60.3 Å². The topological polar surface area (TPSA) is 0 Å². The Morgan fingerprint density at radius 3 is 2.39 bits per heavy atom. The monoisotopic (exact) mass is 308 g/mol. The molecule has 0 aliphatic heterocycles. The van der Waals surface area contributed by atoms with Crippen LogP contribution in [0.2, 0.25) is 0 Å². The maximum absolute atomic E-state index is 3.98. The van der Waals surface area contributed by atoms with Crippen LogP contribution in [-0.4, -0.2) is 4.83 Å². The van der Waals surface area contributed by atoms with E-state index in [-0.39, 0.29) is 0 Å². The van der Waals surface area contributed by atoms with Gasteiger partial charge in [0.05, 0.1) is 0 Å². The van der Waals surface area contributed by atoms with Crippen molar-refractivity contribution in [3.63, 3.8) is 0 Å². The van der Waals surface area contributed by atoms with Crippen LogP contribution in [0.1, 0.15) is 55.7 Å². The first-order chi connectivity index (χ1) is 8.51. The summed E-state index contributed by atoms with van der Waals surface area (Å²) in [7, 11) is 0. The van der Waals surface area contributed by atoms with Gasteiger partial charge in [0.25, 0.3) is 0 Å². The summed E-state index contributed by atoms with van der Waals surface area (Å²) in [6.45, 7) is 6.87. The van der Waals surface area contributed by atoms with Crippen molar-refractivity contribution >= 4 is 15.9 Å². The standard InChI is InChI=1S/C17H25Br/c1-13-7-8-15(11-14(13)2)12-16(18)17(3)9-5-4-6-10-17/h7-8,11,16H,4-6,9-10,12H2,1-3H3. The van der Waals surface area contributed by atoms with E-state index in [0.29, 0.717) is 10.2 Å². The molecule has 0 nitrogen and oxygen atoms in total. The highest BCUT2D eigenvalue weighted by Crippen LogP contribution is 2.43. The van der Waals surface area contributed by atoms with Crippen LogP contribution in [-0.2, 0) is 6.42 Å². The van der Waals surface area contributed by atoms with Crippen molar-refractivity contribution in [3.8, 4) is 0 Å². The Morgan fingerprint density at radius 1 is 1.11 bits per heavy atom. The highest BCUT2D eigenvalue weighted by Gasteiger charge is 2.33. The van der Waals surface area contributed by atoms with Crippen LogP contribution in [0.25, 0.3) is 0 Å². The molecule has 1 saturated carbocycles. The summed E-state index contributed by atoms with van der Waals surface area (Å²) in [6, 6.07) is 6.91. The summed E-state index contributed by atoms with van der Waals surface area (Å²) in [4.78, 5) is 0.618. The minimum Gasteiger partial charge on any atom is -0.0881 e. The molecule has 1 aromatic carbocycles. The molecule has 1 unspecified atom stereocenters. The van der Waals surface area contributed by atoms with Crippen LogP contribution in [0, 0.1) is 19.3 Å². The van der Waals surface area contributed by atoms with Gasteiger partial charge in [0.2, 0.25) is 0 Å². The Balaban J connectivity index is 2.05. The molecule has 0 spiro atoms. The second-order valence-corrected chi connectivity index (χ2v) is 7.41. The molecule has 0 aromatic heterocycles. The van der Waals surface area contributed by atoms with E-state index in [0.717, 1.165) is 6.42 Å². The molecule has 1 aromatic rings. The zero-order valence-electron chi connectivity index (χ0n) is 11.9. The van der Waals surface area contributed by atoms with E-state index in [4.69, 9.17) is 0 Å². The van der Waals surface area contributed by atoms with Gasteiger partial charge in [0, 0.05) is 4.83 Å². The second-order valence-electron chi connectivity index (χ2n) is 6.30. The molecule has 0 N–H and O–H groups in total. The predicted octanol–water partition coefficient (Wildman–Crippen LogP) is 5.58. The summed E-state index contributed by atoms with van der Waals surface area (Å²) in [5.74, 6) is 0. The molecule has 1 heteroatoms. The number of hydrogen-bond donors (Lipinski definition) is 0. The summed E-state index contributed by atoms with van der Waals surface area (Å²) < 4.78 is 0. The number of aryl methyl sites for hydroxylation is 2. The molecule has 0 saturated heterocycles. The van der Waals surface area contributed by atoms with Gasteiger partial charge in [-0.15, -0.1) is 0 Å². The van der Waals surface area contributed by atoms with Gasteiger partial charge < -0.3 is 0 Å². The van der Waals surface area contributed by atoms with Crippen LogP contribution in [0.5, 0.6) is 0 Å². The molecule has 0 amide bonds. The lowest BCUT2D eigenvalue weighted by atomic mass is 9.72. The Kier molecular flexibility index (Phi) is 4.53. The summed E-state index contributed by atoms with van der Waals surface area (Å²) in [5, 5.41) is 0. The normalized spacial score (nSPS) is 20.7. The smallest absolute Gasteiger partial charge is 0.0239 e. The SMILES string of the molecule is Cc1ccc(CC(Br)C2(C)CCCCC2)cc1C.